The lowest BCUT2D eigenvalue weighted by Crippen LogP contribution is -2.11. The average Bonchev–Trinajstić information content (AvgIpc) is 3.18. The Morgan fingerprint density at radius 3 is 1.80 bits per heavy atom. The van der Waals surface area contributed by atoms with Crippen molar-refractivity contribution in [1.82, 2.24) is 9.97 Å². The Morgan fingerprint density at radius 2 is 1.06 bits per heavy atom. The number of nitrogens with zero attached hydrogens (tertiary/aromatic N) is 3. The van der Waals surface area contributed by atoms with Gasteiger partial charge in [0.2, 0.25) is 0 Å². The van der Waals surface area contributed by atoms with Crippen molar-refractivity contribution in [2.45, 2.75) is 26.2 Å². The van der Waals surface area contributed by atoms with Crippen molar-refractivity contribution in [3.8, 4) is 44.9 Å². The maximum atomic E-state index is 5.20. The van der Waals surface area contributed by atoms with Crippen LogP contribution in [0.15, 0.2) is 170 Å². The average molecular weight is 632 g/mol. The van der Waals surface area contributed by atoms with Gasteiger partial charge in [-0.2, -0.15) is 0 Å². The molecule has 0 radical (unpaired) electrons. The summed E-state index contributed by atoms with van der Waals surface area (Å²) in [5.41, 5.74) is 14.5. The Balaban J connectivity index is 1.31. The molecule has 0 saturated heterocycles. The molecule has 2 heterocycles. The van der Waals surface area contributed by atoms with Crippen molar-refractivity contribution in [1.29, 1.82) is 0 Å². The van der Waals surface area contributed by atoms with Gasteiger partial charge in [-0.05, 0) is 101 Å². The van der Waals surface area contributed by atoms with Crippen molar-refractivity contribution in [2.75, 3.05) is 4.90 Å². The fraction of sp³-hybridized carbons (Fsp3) is 0.0870. The first-order valence-corrected chi connectivity index (χ1v) is 17.0. The van der Waals surface area contributed by atoms with Crippen LogP contribution in [0.4, 0.5) is 17.1 Å². The number of benzene rings is 6. The van der Waals surface area contributed by atoms with E-state index < -0.39 is 0 Å². The van der Waals surface area contributed by atoms with Gasteiger partial charge in [-0.3, -0.25) is 0 Å². The summed E-state index contributed by atoms with van der Waals surface area (Å²) < 4.78 is 0. The molecule has 0 N–H and O–H groups in total. The Hall–Kier alpha value is -6.06. The smallest absolute Gasteiger partial charge is 0.160 e. The molecule has 3 nitrogen and oxygen atoms in total. The number of rotatable bonds is 3. The van der Waals surface area contributed by atoms with Crippen molar-refractivity contribution in [3.05, 3.63) is 181 Å². The van der Waals surface area contributed by atoms with Gasteiger partial charge in [0.25, 0.3) is 0 Å². The van der Waals surface area contributed by atoms with Gasteiger partial charge >= 0.3 is 0 Å². The fourth-order valence-corrected chi connectivity index (χ4v) is 6.83. The van der Waals surface area contributed by atoms with Crippen molar-refractivity contribution in [2.24, 2.45) is 0 Å². The summed E-state index contributed by atoms with van der Waals surface area (Å²) in [4.78, 5) is 12.7. The minimum atomic E-state index is 0.259. The van der Waals surface area contributed by atoms with Gasteiger partial charge in [0.1, 0.15) is 0 Å². The van der Waals surface area contributed by atoms with Crippen molar-refractivity contribution in [3.63, 3.8) is 0 Å². The van der Waals surface area contributed by atoms with Crippen molar-refractivity contribution < 1.29 is 0 Å². The molecular formula is C46H37N3. The lowest BCUT2D eigenvalue weighted by Gasteiger charge is -2.27. The van der Waals surface area contributed by atoms with Gasteiger partial charge < -0.3 is 4.90 Å². The van der Waals surface area contributed by atoms with Gasteiger partial charge in [-0.15, -0.1) is 0 Å². The van der Waals surface area contributed by atoms with E-state index in [4.69, 9.17) is 9.97 Å². The molecule has 1 atom stereocenters. The summed E-state index contributed by atoms with van der Waals surface area (Å²) in [6.45, 7) is 4.43. The minimum Gasteiger partial charge on any atom is -0.310 e. The molecule has 8 bridgehead atoms. The molecule has 1 aliphatic heterocycles. The number of hydrogen-bond donors (Lipinski definition) is 0. The summed E-state index contributed by atoms with van der Waals surface area (Å²) in [5.74, 6) is 0.991. The predicted molar refractivity (Wildman–Crippen MR) is 205 cm³/mol. The molecule has 0 amide bonds. The maximum absolute atomic E-state index is 5.20. The molecule has 3 heteroatoms. The Morgan fingerprint density at radius 1 is 0.490 bits per heavy atom. The number of aromatic nitrogens is 2. The largest absolute Gasteiger partial charge is 0.310 e. The maximum Gasteiger partial charge on any atom is 0.160 e. The lowest BCUT2D eigenvalue weighted by molar-refractivity contribution is 0.788. The molecule has 1 aromatic heterocycles. The minimum absolute atomic E-state index is 0.259. The van der Waals surface area contributed by atoms with E-state index in [0.29, 0.717) is 0 Å². The monoisotopic (exact) mass is 631 g/mol. The molecule has 1 unspecified atom stereocenters. The van der Waals surface area contributed by atoms with E-state index in [2.05, 4.69) is 183 Å². The molecule has 8 rings (SSSR count). The van der Waals surface area contributed by atoms with Crippen LogP contribution in [0.1, 0.15) is 37.4 Å². The molecule has 1 aliphatic rings. The molecule has 0 aliphatic carbocycles. The van der Waals surface area contributed by atoms with E-state index in [-0.39, 0.29) is 5.92 Å². The number of anilines is 3. The van der Waals surface area contributed by atoms with Gasteiger partial charge in [0.15, 0.2) is 5.82 Å². The molecule has 7 aromatic rings. The Bertz CT molecular complexity index is 2270. The van der Waals surface area contributed by atoms with E-state index in [1.165, 1.54) is 22.3 Å². The topological polar surface area (TPSA) is 29.0 Å². The van der Waals surface area contributed by atoms with Crippen LogP contribution in [0.3, 0.4) is 0 Å². The van der Waals surface area contributed by atoms with Crippen LogP contribution in [-0.2, 0) is 0 Å². The quantitative estimate of drug-likeness (QED) is 0.194. The van der Waals surface area contributed by atoms with Gasteiger partial charge in [-0.25, -0.2) is 9.97 Å². The van der Waals surface area contributed by atoms with Gasteiger partial charge in [0, 0.05) is 28.2 Å². The highest BCUT2D eigenvalue weighted by Crippen LogP contribution is 2.40. The first-order valence-electron chi connectivity index (χ1n) is 17.0. The van der Waals surface area contributed by atoms with E-state index in [1.54, 1.807) is 0 Å². The van der Waals surface area contributed by atoms with E-state index in [1.807, 2.05) is 6.07 Å². The summed E-state index contributed by atoms with van der Waals surface area (Å²) in [6.07, 6.45) is 3.07. The van der Waals surface area contributed by atoms with Crippen LogP contribution in [0.5, 0.6) is 0 Å². The first-order chi connectivity index (χ1) is 24.1. The highest BCUT2D eigenvalue weighted by atomic mass is 15.1. The number of hydrogen-bond acceptors (Lipinski definition) is 3. The zero-order valence-electron chi connectivity index (χ0n) is 27.8. The summed E-state index contributed by atoms with van der Waals surface area (Å²) in [5, 5.41) is 0. The van der Waals surface area contributed by atoms with Gasteiger partial charge in [0.05, 0.1) is 11.4 Å². The van der Waals surface area contributed by atoms with Crippen LogP contribution in [0.2, 0.25) is 0 Å². The predicted octanol–water partition coefficient (Wildman–Crippen LogP) is 12.5. The molecule has 0 saturated carbocycles. The second-order valence-electron chi connectivity index (χ2n) is 12.7. The zero-order chi connectivity index (χ0) is 33.2. The first kappa shape index (κ1) is 30.3. The van der Waals surface area contributed by atoms with E-state index >= 15 is 0 Å². The van der Waals surface area contributed by atoms with E-state index in [9.17, 15) is 0 Å². The standard InChI is InChI=1S/C46H37N3/c1-3-33-27-32(2)37-17-11-21-42(29-37)49(41-25-23-35(24-26-41)34-13-6-4-7-14-34)43-22-12-19-39(30-43)38-18-10-20-40(28-38)46-47-44(33)31-45(48-46)36-15-8-5-9-16-36/h3-26,28-32H,27H2,1-2H3/b33-3+. The molecule has 6 aromatic carbocycles. The third-order valence-electron chi connectivity index (χ3n) is 9.49. The second-order valence-corrected chi connectivity index (χ2v) is 12.7. The third-order valence-corrected chi connectivity index (χ3v) is 9.49. The Kier molecular flexibility index (Phi) is 8.17. The van der Waals surface area contributed by atoms with Crippen LogP contribution >= 0.6 is 0 Å². The fourth-order valence-electron chi connectivity index (χ4n) is 6.83. The molecule has 0 spiro atoms. The lowest BCUT2D eigenvalue weighted by atomic mass is 9.91. The zero-order valence-corrected chi connectivity index (χ0v) is 27.8. The third kappa shape index (κ3) is 6.19. The number of fused-ring (bicyclic) bond motifs is 10. The van der Waals surface area contributed by atoms with Crippen LogP contribution in [-0.4, -0.2) is 9.97 Å². The highest BCUT2D eigenvalue weighted by molar-refractivity contribution is 5.82. The summed E-state index contributed by atoms with van der Waals surface area (Å²) in [7, 11) is 0. The highest BCUT2D eigenvalue weighted by Gasteiger charge is 2.19. The molecule has 49 heavy (non-hydrogen) atoms. The van der Waals surface area contributed by atoms with Crippen molar-refractivity contribution >= 4 is 22.6 Å². The SMILES string of the molecule is C/C=C1\CC(C)c2cccc(c2)N(c2ccc(-c3ccccc3)cc2)c2cccc(c2)-c2cccc(c2)-c2nc1cc(-c1ccccc1)n2. The number of allylic oxidation sites excluding steroid dienone is 2. The summed E-state index contributed by atoms with van der Waals surface area (Å²) in [6, 6.07) is 58.5. The normalized spacial score (nSPS) is 14.9. The molecule has 0 fully saturated rings. The van der Waals surface area contributed by atoms with Crippen LogP contribution in [0.25, 0.3) is 50.5 Å². The van der Waals surface area contributed by atoms with Gasteiger partial charge in [-0.1, -0.05) is 128 Å². The summed E-state index contributed by atoms with van der Waals surface area (Å²) >= 11 is 0. The van der Waals surface area contributed by atoms with Crippen LogP contribution in [0, 0.1) is 0 Å². The second kappa shape index (κ2) is 13.2. The Labute approximate surface area is 288 Å². The molecular weight excluding hydrogens is 595 g/mol. The molecule has 236 valence electrons. The van der Waals surface area contributed by atoms with Crippen LogP contribution < -0.4 is 4.90 Å². The van der Waals surface area contributed by atoms with E-state index in [0.717, 1.165) is 62.9 Å².